The van der Waals surface area contributed by atoms with Crippen LogP contribution in [-0.2, 0) is 0 Å². The van der Waals surface area contributed by atoms with Gasteiger partial charge in [0.05, 0.1) is 4.92 Å². The summed E-state index contributed by atoms with van der Waals surface area (Å²) in [7, 11) is 0. The van der Waals surface area contributed by atoms with Crippen molar-refractivity contribution in [3.05, 3.63) is 39.4 Å². The second-order valence-electron chi connectivity index (χ2n) is 4.85. The summed E-state index contributed by atoms with van der Waals surface area (Å²) in [6.07, 6.45) is 0.899. The minimum atomic E-state index is -0.460. The second-order valence-corrected chi connectivity index (χ2v) is 4.85. The van der Waals surface area contributed by atoms with E-state index in [0.717, 1.165) is 6.42 Å². The maximum Gasteiger partial charge on any atom is 0.273 e. The van der Waals surface area contributed by atoms with E-state index in [2.05, 4.69) is 0 Å². The molecule has 0 radical (unpaired) electrons. The lowest BCUT2D eigenvalue weighted by molar-refractivity contribution is -0.385. The first-order valence-corrected chi connectivity index (χ1v) is 6.28. The average Bonchev–Trinajstić information content (AvgIpc) is 2.86. The molecule has 1 unspecified atom stereocenters. The lowest BCUT2D eigenvalue weighted by atomic mass is 10.1. The van der Waals surface area contributed by atoms with Gasteiger partial charge in [-0.05, 0) is 31.9 Å². The Bertz CT molecular complexity index is 522. The molecule has 1 aromatic rings. The Labute approximate surface area is 123 Å². The quantitative estimate of drug-likeness (QED) is 0.680. The summed E-state index contributed by atoms with van der Waals surface area (Å²) in [6, 6.07) is 4.61. The van der Waals surface area contributed by atoms with Gasteiger partial charge >= 0.3 is 0 Å². The molecule has 0 aliphatic carbocycles. The number of rotatable bonds is 3. The molecule has 6 nitrogen and oxygen atoms in total. The predicted molar refractivity (Wildman–Crippen MR) is 78.1 cm³/mol. The van der Waals surface area contributed by atoms with Gasteiger partial charge in [0.1, 0.15) is 0 Å². The highest BCUT2D eigenvalue weighted by atomic mass is 35.5. The van der Waals surface area contributed by atoms with E-state index in [1.807, 2.05) is 0 Å². The van der Waals surface area contributed by atoms with Crippen molar-refractivity contribution < 1.29 is 9.72 Å². The summed E-state index contributed by atoms with van der Waals surface area (Å²) in [5, 5.41) is 10.9. The van der Waals surface area contributed by atoms with Crippen LogP contribution in [0, 0.1) is 23.0 Å². The molecule has 0 bridgehead atoms. The van der Waals surface area contributed by atoms with Crippen LogP contribution in [-0.4, -0.2) is 35.4 Å². The third kappa shape index (κ3) is 3.08. The molecule has 0 spiro atoms. The molecule has 0 saturated carbocycles. The number of halogens is 1. The molecule has 20 heavy (non-hydrogen) atoms. The SMILES string of the molecule is Cc1c(C(=O)N2CCC(CN)C2)cccc1[N+](=O)[O-].Cl. The molecule has 1 heterocycles. The van der Waals surface area contributed by atoms with E-state index in [-0.39, 0.29) is 24.0 Å². The van der Waals surface area contributed by atoms with Gasteiger partial charge < -0.3 is 10.6 Å². The van der Waals surface area contributed by atoms with E-state index >= 15 is 0 Å². The van der Waals surface area contributed by atoms with Crippen LogP contribution >= 0.6 is 12.4 Å². The number of amides is 1. The van der Waals surface area contributed by atoms with Crippen LogP contribution in [0.5, 0.6) is 0 Å². The molecular formula is C13H18ClN3O3. The Morgan fingerprint density at radius 1 is 1.55 bits per heavy atom. The molecule has 1 aliphatic rings. The summed E-state index contributed by atoms with van der Waals surface area (Å²) in [4.78, 5) is 24.5. The maximum absolute atomic E-state index is 12.4. The largest absolute Gasteiger partial charge is 0.338 e. The van der Waals surface area contributed by atoms with Crippen molar-refractivity contribution in [2.75, 3.05) is 19.6 Å². The van der Waals surface area contributed by atoms with Crippen molar-refractivity contribution in [3.63, 3.8) is 0 Å². The van der Waals surface area contributed by atoms with Crippen LogP contribution in [0.25, 0.3) is 0 Å². The average molecular weight is 300 g/mol. The summed E-state index contributed by atoms with van der Waals surface area (Å²) in [5.41, 5.74) is 6.42. The van der Waals surface area contributed by atoms with Gasteiger partial charge in [0, 0.05) is 30.3 Å². The molecule has 110 valence electrons. The smallest absolute Gasteiger partial charge is 0.273 e. The summed E-state index contributed by atoms with van der Waals surface area (Å²) >= 11 is 0. The first kappa shape index (κ1) is 16.4. The van der Waals surface area contributed by atoms with Crippen LogP contribution < -0.4 is 5.73 Å². The summed E-state index contributed by atoms with van der Waals surface area (Å²) in [5.74, 6) is 0.195. The van der Waals surface area contributed by atoms with E-state index in [9.17, 15) is 14.9 Å². The van der Waals surface area contributed by atoms with E-state index in [1.54, 1.807) is 24.0 Å². The summed E-state index contributed by atoms with van der Waals surface area (Å²) < 4.78 is 0. The molecule has 1 saturated heterocycles. The molecular weight excluding hydrogens is 282 g/mol. The zero-order valence-corrected chi connectivity index (χ0v) is 12.1. The number of carbonyl (C=O) groups excluding carboxylic acids is 1. The number of nitrogens with zero attached hydrogens (tertiary/aromatic N) is 2. The first-order valence-electron chi connectivity index (χ1n) is 6.28. The standard InChI is InChI=1S/C13H17N3O3.ClH/c1-9-11(3-2-4-12(9)16(18)19)13(17)15-6-5-10(7-14)8-15;/h2-4,10H,5-8,14H2,1H3;1H. The number of hydrogen-bond donors (Lipinski definition) is 1. The normalized spacial score (nSPS) is 17.7. The highest BCUT2D eigenvalue weighted by Gasteiger charge is 2.28. The Morgan fingerprint density at radius 2 is 2.25 bits per heavy atom. The van der Waals surface area contributed by atoms with Gasteiger partial charge in [0.15, 0.2) is 0 Å². The number of benzene rings is 1. The van der Waals surface area contributed by atoms with Crippen molar-refractivity contribution in [1.82, 2.24) is 4.90 Å². The predicted octanol–water partition coefficient (Wildman–Crippen LogP) is 1.75. The van der Waals surface area contributed by atoms with Crippen LogP contribution in [0.2, 0.25) is 0 Å². The van der Waals surface area contributed by atoms with Crippen molar-refractivity contribution in [3.8, 4) is 0 Å². The van der Waals surface area contributed by atoms with Crippen molar-refractivity contribution in [2.24, 2.45) is 11.7 Å². The van der Waals surface area contributed by atoms with Gasteiger partial charge in [0.25, 0.3) is 11.6 Å². The number of nitrogens with two attached hydrogens (primary N) is 1. The zero-order valence-electron chi connectivity index (χ0n) is 11.2. The van der Waals surface area contributed by atoms with Crippen LogP contribution in [0.1, 0.15) is 22.3 Å². The first-order chi connectivity index (χ1) is 9.04. The fourth-order valence-corrected chi connectivity index (χ4v) is 2.43. The zero-order chi connectivity index (χ0) is 14.0. The molecule has 1 atom stereocenters. The molecule has 0 aromatic heterocycles. The number of carbonyl (C=O) groups is 1. The van der Waals surface area contributed by atoms with Gasteiger partial charge in [-0.1, -0.05) is 6.07 Å². The van der Waals surface area contributed by atoms with E-state index in [1.165, 1.54) is 6.07 Å². The minimum absolute atomic E-state index is 0. The monoisotopic (exact) mass is 299 g/mol. The van der Waals surface area contributed by atoms with Gasteiger partial charge in [0.2, 0.25) is 0 Å². The third-order valence-corrected chi connectivity index (χ3v) is 3.64. The van der Waals surface area contributed by atoms with Crippen LogP contribution in [0.4, 0.5) is 5.69 Å². The van der Waals surface area contributed by atoms with Gasteiger partial charge in [-0.15, -0.1) is 12.4 Å². The molecule has 2 N–H and O–H groups in total. The summed E-state index contributed by atoms with van der Waals surface area (Å²) in [6.45, 7) is 3.49. The van der Waals surface area contributed by atoms with Crippen molar-refractivity contribution >= 4 is 24.0 Å². The Balaban J connectivity index is 0.00000200. The van der Waals surface area contributed by atoms with Gasteiger partial charge in [-0.2, -0.15) is 0 Å². The Kier molecular flexibility index (Phi) is 5.47. The Hall–Kier alpha value is -1.66. The van der Waals surface area contributed by atoms with E-state index < -0.39 is 4.92 Å². The van der Waals surface area contributed by atoms with Crippen LogP contribution in [0.3, 0.4) is 0 Å². The van der Waals surface area contributed by atoms with E-state index in [4.69, 9.17) is 5.73 Å². The number of likely N-dealkylation sites (tertiary alicyclic amines) is 1. The molecule has 2 rings (SSSR count). The highest BCUT2D eigenvalue weighted by Crippen LogP contribution is 2.24. The number of hydrogen-bond acceptors (Lipinski definition) is 4. The fourth-order valence-electron chi connectivity index (χ4n) is 2.43. The topological polar surface area (TPSA) is 89.5 Å². The highest BCUT2D eigenvalue weighted by molar-refractivity contribution is 5.96. The minimum Gasteiger partial charge on any atom is -0.338 e. The fraction of sp³-hybridized carbons (Fsp3) is 0.462. The maximum atomic E-state index is 12.4. The molecule has 1 aromatic carbocycles. The molecule has 1 fully saturated rings. The van der Waals surface area contributed by atoms with Gasteiger partial charge in [-0.3, -0.25) is 14.9 Å². The van der Waals surface area contributed by atoms with Gasteiger partial charge in [-0.25, -0.2) is 0 Å². The molecule has 1 aliphatic heterocycles. The lowest BCUT2D eigenvalue weighted by Crippen LogP contribution is -2.30. The van der Waals surface area contributed by atoms with E-state index in [0.29, 0.717) is 36.7 Å². The van der Waals surface area contributed by atoms with Crippen molar-refractivity contribution in [2.45, 2.75) is 13.3 Å². The number of nitro benzene ring substituents is 1. The van der Waals surface area contributed by atoms with Crippen LogP contribution in [0.15, 0.2) is 18.2 Å². The lowest BCUT2D eigenvalue weighted by Gasteiger charge is -2.17. The Morgan fingerprint density at radius 3 is 2.80 bits per heavy atom. The van der Waals surface area contributed by atoms with Crippen molar-refractivity contribution in [1.29, 1.82) is 0 Å². The third-order valence-electron chi connectivity index (χ3n) is 3.64. The second kappa shape index (κ2) is 6.67. The number of nitro groups is 1. The molecule has 7 heteroatoms. The molecule has 1 amide bonds.